The van der Waals surface area contributed by atoms with Crippen LogP contribution in [-0.2, 0) is 4.79 Å². The maximum atomic E-state index is 12.2. The van der Waals surface area contributed by atoms with Crippen molar-refractivity contribution in [2.45, 2.75) is 33.7 Å². The molecule has 0 aromatic heterocycles. The zero-order chi connectivity index (χ0) is 14.6. The minimum atomic E-state index is -0.143. The summed E-state index contributed by atoms with van der Waals surface area (Å²) in [5.74, 6) is -0.277. The van der Waals surface area contributed by atoms with Crippen molar-refractivity contribution in [3.63, 3.8) is 0 Å². The zero-order valence-corrected chi connectivity index (χ0v) is 12.3. The number of aryl methyl sites for hydroxylation is 2. The fourth-order valence-electron chi connectivity index (χ4n) is 1.97. The van der Waals surface area contributed by atoms with Crippen LogP contribution in [0.25, 0.3) is 0 Å². The molecule has 104 valence electrons. The molecule has 0 heterocycles. The van der Waals surface area contributed by atoms with Crippen LogP contribution in [0.4, 0.5) is 0 Å². The summed E-state index contributed by atoms with van der Waals surface area (Å²) in [7, 11) is 1.64. The average Bonchev–Trinajstić information content (AvgIpc) is 2.25. The maximum Gasteiger partial charge on any atom is 0.254 e. The van der Waals surface area contributed by atoms with Crippen LogP contribution in [0.3, 0.4) is 0 Å². The number of rotatable bonds is 4. The van der Waals surface area contributed by atoms with E-state index in [0.717, 1.165) is 11.1 Å². The van der Waals surface area contributed by atoms with Crippen molar-refractivity contribution in [3.8, 4) is 0 Å². The Kier molecular flexibility index (Phi) is 5.10. The van der Waals surface area contributed by atoms with Gasteiger partial charge in [0.05, 0.1) is 6.54 Å². The Hall–Kier alpha value is -1.84. The van der Waals surface area contributed by atoms with E-state index < -0.39 is 0 Å². The molecule has 4 nitrogen and oxygen atoms in total. The summed E-state index contributed by atoms with van der Waals surface area (Å²) in [6, 6.07) is 5.78. The van der Waals surface area contributed by atoms with E-state index in [0.29, 0.717) is 5.56 Å². The topological polar surface area (TPSA) is 49.4 Å². The second-order valence-electron chi connectivity index (χ2n) is 5.26. The van der Waals surface area contributed by atoms with Crippen LogP contribution in [-0.4, -0.2) is 36.3 Å². The van der Waals surface area contributed by atoms with E-state index in [1.54, 1.807) is 7.05 Å². The predicted molar refractivity (Wildman–Crippen MR) is 76.2 cm³/mol. The molecule has 0 spiro atoms. The van der Waals surface area contributed by atoms with Crippen LogP contribution in [0.5, 0.6) is 0 Å². The van der Waals surface area contributed by atoms with E-state index in [1.165, 1.54) is 4.90 Å². The molecule has 19 heavy (non-hydrogen) atoms. The quantitative estimate of drug-likeness (QED) is 0.901. The molecule has 0 fully saturated rings. The first-order chi connectivity index (χ1) is 8.79. The normalized spacial score (nSPS) is 10.4. The molecule has 0 bridgehead atoms. The van der Waals surface area contributed by atoms with Gasteiger partial charge in [0.15, 0.2) is 0 Å². The van der Waals surface area contributed by atoms with Crippen LogP contribution in [0.2, 0.25) is 0 Å². The number of hydrogen-bond donors (Lipinski definition) is 1. The van der Waals surface area contributed by atoms with Gasteiger partial charge in [-0.3, -0.25) is 9.59 Å². The van der Waals surface area contributed by atoms with Crippen molar-refractivity contribution in [1.82, 2.24) is 10.2 Å². The summed E-state index contributed by atoms with van der Waals surface area (Å²) >= 11 is 0. The Balaban J connectivity index is 2.74. The van der Waals surface area contributed by atoms with E-state index in [1.807, 2.05) is 45.9 Å². The van der Waals surface area contributed by atoms with Gasteiger partial charge in [-0.2, -0.15) is 0 Å². The molecule has 0 aliphatic carbocycles. The SMILES string of the molecule is Cc1cc(C)cc(C(=O)N(C)CC(=O)NC(C)C)c1. The van der Waals surface area contributed by atoms with Crippen LogP contribution in [0.15, 0.2) is 18.2 Å². The number of hydrogen-bond acceptors (Lipinski definition) is 2. The van der Waals surface area contributed by atoms with Crippen LogP contribution < -0.4 is 5.32 Å². The predicted octanol–water partition coefficient (Wildman–Crippen LogP) is 1.90. The standard InChI is InChI=1S/C15H22N2O2/c1-10(2)16-14(18)9-17(5)15(19)13-7-11(3)6-12(4)8-13/h6-8,10H,9H2,1-5H3,(H,16,18). The van der Waals surface area contributed by atoms with E-state index in [9.17, 15) is 9.59 Å². The molecular weight excluding hydrogens is 240 g/mol. The maximum absolute atomic E-state index is 12.2. The number of likely N-dealkylation sites (N-methyl/N-ethyl adjacent to an activating group) is 1. The highest BCUT2D eigenvalue weighted by Gasteiger charge is 2.15. The lowest BCUT2D eigenvalue weighted by Gasteiger charge is -2.18. The lowest BCUT2D eigenvalue weighted by Crippen LogP contribution is -2.40. The van der Waals surface area contributed by atoms with Gasteiger partial charge >= 0.3 is 0 Å². The molecule has 1 aromatic rings. The van der Waals surface area contributed by atoms with Crippen molar-refractivity contribution >= 4 is 11.8 Å². The second kappa shape index (κ2) is 6.36. The van der Waals surface area contributed by atoms with Crippen molar-refractivity contribution in [2.75, 3.05) is 13.6 Å². The minimum absolute atomic E-state index is 0.0734. The van der Waals surface area contributed by atoms with Gasteiger partial charge in [-0.25, -0.2) is 0 Å². The fraction of sp³-hybridized carbons (Fsp3) is 0.467. The third kappa shape index (κ3) is 4.73. The molecule has 1 N–H and O–H groups in total. The van der Waals surface area contributed by atoms with E-state index in [-0.39, 0.29) is 24.4 Å². The van der Waals surface area contributed by atoms with Gasteiger partial charge in [0.2, 0.25) is 5.91 Å². The number of carbonyl (C=O) groups excluding carboxylic acids is 2. The number of benzene rings is 1. The second-order valence-corrected chi connectivity index (χ2v) is 5.26. The Bertz CT molecular complexity index is 461. The summed E-state index contributed by atoms with van der Waals surface area (Å²) in [6.07, 6.45) is 0. The van der Waals surface area contributed by atoms with Gasteiger partial charge in [-0.1, -0.05) is 17.2 Å². The first-order valence-electron chi connectivity index (χ1n) is 6.42. The van der Waals surface area contributed by atoms with Crippen molar-refractivity contribution < 1.29 is 9.59 Å². The number of nitrogens with one attached hydrogen (secondary N) is 1. The lowest BCUT2D eigenvalue weighted by atomic mass is 10.1. The first kappa shape index (κ1) is 15.2. The molecule has 2 amide bonds. The largest absolute Gasteiger partial charge is 0.352 e. The summed E-state index contributed by atoms with van der Waals surface area (Å²) in [5, 5.41) is 2.77. The van der Waals surface area contributed by atoms with Gasteiger partial charge in [0, 0.05) is 18.7 Å². The molecule has 0 unspecified atom stereocenters. The molecule has 4 heteroatoms. The summed E-state index contributed by atoms with van der Waals surface area (Å²) in [6.45, 7) is 7.77. The summed E-state index contributed by atoms with van der Waals surface area (Å²) < 4.78 is 0. The van der Waals surface area contributed by atoms with Crippen molar-refractivity contribution in [1.29, 1.82) is 0 Å². The molecule has 0 atom stereocenters. The van der Waals surface area contributed by atoms with Gasteiger partial charge in [-0.05, 0) is 39.8 Å². The molecule has 0 saturated carbocycles. The Morgan fingerprint density at radius 1 is 1.16 bits per heavy atom. The summed E-state index contributed by atoms with van der Waals surface area (Å²) in [5.41, 5.74) is 2.71. The molecule has 0 aliphatic rings. The highest BCUT2D eigenvalue weighted by atomic mass is 16.2. The fourth-order valence-corrected chi connectivity index (χ4v) is 1.97. The van der Waals surface area contributed by atoms with Gasteiger partial charge < -0.3 is 10.2 Å². The molecule has 1 rings (SSSR count). The van der Waals surface area contributed by atoms with Crippen LogP contribution >= 0.6 is 0 Å². The molecule has 0 radical (unpaired) electrons. The van der Waals surface area contributed by atoms with E-state index in [4.69, 9.17) is 0 Å². The molecular formula is C15H22N2O2. The Morgan fingerprint density at radius 3 is 2.16 bits per heavy atom. The van der Waals surface area contributed by atoms with Gasteiger partial charge in [-0.15, -0.1) is 0 Å². The molecule has 1 aromatic carbocycles. The first-order valence-corrected chi connectivity index (χ1v) is 6.42. The zero-order valence-electron chi connectivity index (χ0n) is 12.3. The monoisotopic (exact) mass is 262 g/mol. The number of carbonyl (C=O) groups is 2. The minimum Gasteiger partial charge on any atom is -0.352 e. The van der Waals surface area contributed by atoms with E-state index in [2.05, 4.69) is 5.32 Å². The highest BCUT2D eigenvalue weighted by Crippen LogP contribution is 2.10. The summed E-state index contributed by atoms with van der Waals surface area (Å²) in [4.78, 5) is 25.3. The third-order valence-corrected chi connectivity index (χ3v) is 2.65. The van der Waals surface area contributed by atoms with E-state index >= 15 is 0 Å². The molecule has 0 aliphatic heterocycles. The Labute approximate surface area is 114 Å². The Morgan fingerprint density at radius 2 is 1.68 bits per heavy atom. The van der Waals surface area contributed by atoms with Crippen molar-refractivity contribution in [2.24, 2.45) is 0 Å². The number of nitrogens with zero attached hydrogens (tertiary/aromatic N) is 1. The van der Waals surface area contributed by atoms with Crippen molar-refractivity contribution in [3.05, 3.63) is 34.9 Å². The third-order valence-electron chi connectivity index (χ3n) is 2.65. The van der Waals surface area contributed by atoms with Crippen LogP contribution in [0, 0.1) is 13.8 Å². The lowest BCUT2D eigenvalue weighted by molar-refractivity contribution is -0.122. The highest BCUT2D eigenvalue weighted by molar-refractivity contribution is 5.96. The molecule has 0 saturated heterocycles. The average molecular weight is 262 g/mol. The van der Waals surface area contributed by atoms with Gasteiger partial charge in [0.25, 0.3) is 5.91 Å². The van der Waals surface area contributed by atoms with Crippen LogP contribution in [0.1, 0.15) is 35.3 Å². The van der Waals surface area contributed by atoms with Gasteiger partial charge in [0.1, 0.15) is 0 Å². The number of amides is 2. The smallest absolute Gasteiger partial charge is 0.254 e.